The molecule has 0 unspecified atom stereocenters. The van der Waals surface area contributed by atoms with Crippen LogP contribution in [0.2, 0.25) is 0 Å². The summed E-state index contributed by atoms with van der Waals surface area (Å²) in [5, 5.41) is 11.5. The van der Waals surface area contributed by atoms with Gasteiger partial charge in [0, 0.05) is 61.1 Å². The van der Waals surface area contributed by atoms with E-state index >= 15 is 0 Å². The van der Waals surface area contributed by atoms with Gasteiger partial charge in [-0.15, -0.1) is 0 Å². The van der Waals surface area contributed by atoms with Crippen LogP contribution in [0.4, 0.5) is 5.69 Å². The minimum Gasteiger partial charge on any atom is -0.495 e. The maximum absolute atomic E-state index is 13.6. The van der Waals surface area contributed by atoms with Crippen molar-refractivity contribution in [3.63, 3.8) is 0 Å². The fourth-order valence-electron chi connectivity index (χ4n) is 5.37. The standard InChI is InChI=1S/C31H28BrN5O5S/c1-42-28-12-11-25(32)19-29(28)43(40,41)35-16-14-34(15-17-35)21-27-31(23-8-5-9-26(18-23)37(38)39)33-30-13-10-24(20-36(27)30)22-6-3-2-4-7-22/h2-13,18-20H,14-17,21H2,1H3. The number of fused-ring (bicyclic) bond motifs is 1. The van der Waals surface area contributed by atoms with Gasteiger partial charge < -0.3 is 9.14 Å². The Morgan fingerprint density at radius 1 is 0.907 bits per heavy atom. The summed E-state index contributed by atoms with van der Waals surface area (Å²) >= 11 is 3.37. The summed E-state index contributed by atoms with van der Waals surface area (Å²) in [4.78, 5) is 18.3. The van der Waals surface area contributed by atoms with Crippen molar-refractivity contribution in [2.75, 3.05) is 33.3 Å². The zero-order chi connectivity index (χ0) is 30.1. The minimum absolute atomic E-state index is 0.00715. The largest absolute Gasteiger partial charge is 0.495 e. The topological polar surface area (TPSA) is 110 Å². The number of pyridine rings is 1. The van der Waals surface area contributed by atoms with Crippen molar-refractivity contribution in [3.8, 4) is 28.1 Å². The smallest absolute Gasteiger partial charge is 0.270 e. The van der Waals surface area contributed by atoms with Gasteiger partial charge in [-0.25, -0.2) is 13.4 Å². The van der Waals surface area contributed by atoms with Crippen molar-refractivity contribution in [1.29, 1.82) is 0 Å². The van der Waals surface area contributed by atoms with E-state index in [9.17, 15) is 18.5 Å². The van der Waals surface area contributed by atoms with E-state index < -0.39 is 14.9 Å². The molecule has 5 aromatic rings. The number of sulfonamides is 1. The molecule has 1 fully saturated rings. The molecule has 0 amide bonds. The Morgan fingerprint density at radius 3 is 2.37 bits per heavy atom. The van der Waals surface area contributed by atoms with E-state index in [4.69, 9.17) is 9.72 Å². The first-order valence-corrected chi connectivity index (χ1v) is 15.8. The van der Waals surface area contributed by atoms with Crippen LogP contribution < -0.4 is 4.74 Å². The van der Waals surface area contributed by atoms with Crippen LogP contribution >= 0.6 is 15.9 Å². The number of piperazine rings is 1. The summed E-state index contributed by atoms with van der Waals surface area (Å²) in [6.07, 6.45) is 2.04. The Bertz CT molecular complexity index is 1920. The molecule has 0 aliphatic carbocycles. The number of methoxy groups -OCH3 is 1. The van der Waals surface area contributed by atoms with Crippen LogP contribution in [-0.4, -0.2) is 65.2 Å². The zero-order valence-corrected chi connectivity index (χ0v) is 25.7. The number of halogens is 1. The summed E-state index contributed by atoms with van der Waals surface area (Å²) < 4.78 is 36.6. The molecule has 6 rings (SSSR count). The molecule has 220 valence electrons. The molecule has 1 saturated heterocycles. The van der Waals surface area contributed by atoms with E-state index in [0.29, 0.717) is 54.2 Å². The van der Waals surface area contributed by atoms with Gasteiger partial charge in [-0.1, -0.05) is 58.4 Å². The molecule has 1 aliphatic heterocycles. The van der Waals surface area contributed by atoms with E-state index in [2.05, 4.69) is 20.8 Å². The lowest BCUT2D eigenvalue weighted by molar-refractivity contribution is -0.384. The lowest BCUT2D eigenvalue weighted by atomic mass is 10.1. The number of benzene rings is 3. The van der Waals surface area contributed by atoms with Crippen LogP contribution in [0.3, 0.4) is 0 Å². The van der Waals surface area contributed by atoms with Crippen molar-refractivity contribution >= 4 is 37.3 Å². The minimum atomic E-state index is -3.78. The number of nitro groups is 1. The van der Waals surface area contributed by atoms with Crippen molar-refractivity contribution < 1.29 is 18.1 Å². The highest BCUT2D eigenvalue weighted by Crippen LogP contribution is 2.32. The number of imidazole rings is 1. The van der Waals surface area contributed by atoms with E-state index in [1.54, 1.807) is 30.3 Å². The first-order valence-electron chi connectivity index (χ1n) is 13.6. The first kappa shape index (κ1) is 29.0. The van der Waals surface area contributed by atoms with Crippen molar-refractivity contribution in [2.24, 2.45) is 0 Å². The average Bonchev–Trinajstić information content (AvgIpc) is 3.39. The Kier molecular flexibility index (Phi) is 8.01. The van der Waals surface area contributed by atoms with E-state index in [1.165, 1.54) is 17.5 Å². The van der Waals surface area contributed by atoms with E-state index in [0.717, 1.165) is 22.5 Å². The normalized spacial score (nSPS) is 14.7. The third-order valence-corrected chi connectivity index (χ3v) is 10.0. The second-order valence-corrected chi connectivity index (χ2v) is 13.0. The summed E-state index contributed by atoms with van der Waals surface area (Å²) in [7, 11) is -2.32. The fourth-order valence-corrected chi connectivity index (χ4v) is 7.49. The lowest BCUT2D eigenvalue weighted by Gasteiger charge is -2.34. The average molecular weight is 663 g/mol. The molecule has 0 spiro atoms. The van der Waals surface area contributed by atoms with Gasteiger partial charge >= 0.3 is 0 Å². The highest BCUT2D eigenvalue weighted by molar-refractivity contribution is 9.10. The zero-order valence-electron chi connectivity index (χ0n) is 23.3. The molecular weight excluding hydrogens is 634 g/mol. The third kappa shape index (κ3) is 5.78. The van der Waals surface area contributed by atoms with Gasteiger partial charge in [0.05, 0.1) is 23.4 Å². The van der Waals surface area contributed by atoms with Gasteiger partial charge in [-0.3, -0.25) is 15.0 Å². The fraction of sp³-hybridized carbons (Fsp3) is 0.194. The Labute approximate surface area is 257 Å². The quantitative estimate of drug-likeness (QED) is 0.151. The maximum Gasteiger partial charge on any atom is 0.270 e. The molecular formula is C31H28BrN5O5S. The molecule has 3 aromatic carbocycles. The lowest BCUT2D eigenvalue weighted by Crippen LogP contribution is -2.48. The summed E-state index contributed by atoms with van der Waals surface area (Å²) in [6, 6.07) is 25.4. The van der Waals surface area contributed by atoms with Crippen LogP contribution in [0.25, 0.3) is 28.0 Å². The number of hydrogen-bond acceptors (Lipinski definition) is 7. The number of nitro benzene ring substituents is 1. The second-order valence-electron chi connectivity index (χ2n) is 10.2. The van der Waals surface area contributed by atoms with Crippen molar-refractivity contribution in [1.82, 2.24) is 18.6 Å². The Hall–Kier alpha value is -4.10. The van der Waals surface area contributed by atoms with Crippen LogP contribution in [0, 0.1) is 10.1 Å². The van der Waals surface area contributed by atoms with Gasteiger partial charge in [0.1, 0.15) is 16.3 Å². The summed E-state index contributed by atoms with van der Waals surface area (Å²) in [6.45, 7) is 2.07. The van der Waals surface area contributed by atoms with Crippen LogP contribution in [0.5, 0.6) is 5.75 Å². The van der Waals surface area contributed by atoms with Gasteiger partial charge in [-0.05, 0) is 41.5 Å². The van der Waals surface area contributed by atoms with E-state index in [1.807, 2.05) is 59.1 Å². The Morgan fingerprint density at radius 2 is 1.65 bits per heavy atom. The summed E-state index contributed by atoms with van der Waals surface area (Å²) in [5.41, 5.74) is 4.96. The van der Waals surface area contributed by atoms with Gasteiger partial charge in [0.2, 0.25) is 10.0 Å². The van der Waals surface area contributed by atoms with Crippen molar-refractivity contribution in [2.45, 2.75) is 11.4 Å². The second kappa shape index (κ2) is 11.9. The SMILES string of the molecule is COc1ccc(Br)cc1S(=O)(=O)N1CCN(Cc2c(-c3cccc([N+](=O)[O-])c3)nc3ccc(-c4ccccc4)cn23)CC1. The van der Waals surface area contributed by atoms with Gasteiger partial charge in [0.25, 0.3) is 5.69 Å². The van der Waals surface area contributed by atoms with Gasteiger partial charge in [0.15, 0.2) is 0 Å². The third-order valence-electron chi connectivity index (χ3n) is 7.60. The maximum atomic E-state index is 13.6. The number of ether oxygens (including phenoxy) is 1. The molecule has 0 atom stereocenters. The molecule has 2 aromatic heterocycles. The van der Waals surface area contributed by atoms with Crippen LogP contribution in [0.15, 0.2) is 100 Å². The van der Waals surface area contributed by atoms with Gasteiger partial charge in [-0.2, -0.15) is 4.31 Å². The summed E-state index contributed by atoms with van der Waals surface area (Å²) in [5.74, 6) is 0.298. The molecule has 3 heterocycles. The monoisotopic (exact) mass is 661 g/mol. The molecule has 0 radical (unpaired) electrons. The number of nitrogens with zero attached hydrogens (tertiary/aromatic N) is 5. The predicted molar refractivity (Wildman–Crippen MR) is 167 cm³/mol. The highest BCUT2D eigenvalue weighted by Gasteiger charge is 2.32. The molecule has 0 bridgehead atoms. The molecule has 43 heavy (non-hydrogen) atoms. The van der Waals surface area contributed by atoms with Crippen LogP contribution in [-0.2, 0) is 16.6 Å². The first-order chi connectivity index (χ1) is 20.7. The molecule has 10 nitrogen and oxygen atoms in total. The molecule has 12 heteroatoms. The molecule has 1 aliphatic rings. The molecule has 0 N–H and O–H groups in total. The number of rotatable bonds is 8. The molecule has 0 saturated carbocycles. The van der Waals surface area contributed by atoms with Crippen LogP contribution in [0.1, 0.15) is 5.69 Å². The predicted octanol–water partition coefficient (Wildman–Crippen LogP) is 5.85. The number of non-ortho nitro benzene ring substituents is 1. The number of aromatic nitrogens is 2. The number of hydrogen-bond donors (Lipinski definition) is 0. The Balaban J connectivity index is 1.33. The van der Waals surface area contributed by atoms with E-state index in [-0.39, 0.29) is 10.6 Å². The van der Waals surface area contributed by atoms with Crippen molar-refractivity contribution in [3.05, 3.63) is 111 Å². The highest BCUT2D eigenvalue weighted by atomic mass is 79.9.